The lowest BCUT2D eigenvalue weighted by molar-refractivity contribution is 0.114. The number of para-hydroxylation sites is 1. The number of piperidine rings is 1. The van der Waals surface area contributed by atoms with Crippen molar-refractivity contribution in [3.05, 3.63) is 29.3 Å². The second-order valence-electron chi connectivity index (χ2n) is 9.45. The number of nitriles is 1. The summed E-state index contributed by atoms with van der Waals surface area (Å²) in [5, 5.41) is 15.8. The summed E-state index contributed by atoms with van der Waals surface area (Å²) in [7, 11) is 2.12. The molecule has 0 radical (unpaired) electrons. The lowest BCUT2D eigenvalue weighted by Gasteiger charge is -2.40. The average Bonchev–Trinajstić information content (AvgIpc) is 3.28. The van der Waals surface area contributed by atoms with Crippen molar-refractivity contribution in [3.63, 3.8) is 0 Å². The minimum Gasteiger partial charge on any atom is -0.373 e. The van der Waals surface area contributed by atoms with Gasteiger partial charge in [0.05, 0.1) is 23.3 Å². The molecule has 3 fully saturated rings. The molecule has 1 aromatic carbocycles. The molecule has 29 heavy (non-hydrogen) atoms. The number of fused-ring (bicyclic) bond motifs is 2. The van der Waals surface area contributed by atoms with Gasteiger partial charge in [0.15, 0.2) is 0 Å². The molecule has 2 amide bonds. The molecule has 4 unspecified atom stereocenters. The third kappa shape index (κ3) is 3.36. The fourth-order valence-corrected chi connectivity index (χ4v) is 6.42. The Balaban J connectivity index is 1.29. The van der Waals surface area contributed by atoms with Crippen LogP contribution in [0.5, 0.6) is 0 Å². The van der Waals surface area contributed by atoms with Crippen molar-refractivity contribution < 1.29 is 4.79 Å². The largest absolute Gasteiger partial charge is 0.373 e. The van der Waals surface area contributed by atoms with E-state index < -0.39 is 0 Å². The maximum atomic E-state index is 11.8. The van der Waals surface area contributed by atoms with Gasteiger partial charge in [0, 0.05) is 32.6 Å². The number of amides is 2. The molecular weight excluding hydrogens is 362 g/mol. The quantitative estimate of drug-likeness (QED) is 0.828. The van der Waals surface area contributed by atoms with Crippen molar-refractivity contribution in [2.45, 2.75) is 50.1 Å². The van der Waals surface area contributed by atoms with Crippen LogP contribution in [0.15, 0.2) is 18.2 Å². The van der Waals surface area contributed by atoms with Crippen LogP contribution in [0.4, 0.5) is 10.5 Å². The first-order chi connectivity index (χ1) is 14.1. The van der Waals surface area contributed by atoms with Gasteiger partial charge >= 0.3 is 6.03 Å². The minimum atomic E-state index is 0.0160. The number of hydrogen-bond donors (Lipinski definition) is 2. The van der Waals surface area contributed by atoms with E-state index in [1.54, 1.807) is 0 Å². The number of nitrogens with zero attached hydrogens (tertiary/aromatic N) is 3. The molecule has 2 saturated heterocycles. The predicted molar refractivity (Wildman–Crippen MR) is 113 cm³/mol. The zero-order valence-electron chi connectivity index (χ0n) is 17.2. The third-order valence-corrected chi connectivity index (χ3v) is 7.69. The molecule has 6 nitrogen and oxygen atoms in total. The van der Waals surface area contributed by atoms with Gasteiger partial charge < -0.3 is 20.4 Å². The monoisotopic (exact) mass is 393 g/mol. The first-order valence-corrected chi connectivity index (χ1v) is 11.2. The second kappa shape index (κ2) is 7.53. The van der Waals surface area contributed by atoms with Crippen LogP contribution in [0.25, 0.3) is 0 Å². The Morgan fingerprint density at radius 1 is 1.17 bits per heavy atom. The topological polar surface area (TPSA) is 71.4 Å². The number of nitrogens with one attached hydrogen (secondary N) is 2. The molecule has 0 aromatic heterocycles. The van der Waals surface area contributed by atoms with Crippen LogP contribution in [-0.4, -0.2) is 56.2 Å². The Labute approximate surface area is 173 Å². The van der Waals surface area contributed by atoms with E-state index in [4.69, 9.17) is 0 Å². The molecule has 3 heterocycles. The number of urea groups is 1. The normalized spacial score (nSPS) is 34.1. The van der Waals surface area contributed by atoms with E-state index in [0.717, 1.165) is 37.3 Å². The van der Waals surface area contributed by atoms with Gasteiger partial charge in [-0.15, -0.1) is 0 Å². The first-order valence-electron chi connectivity index (χ1n) is 11.2. The fourth-order valence-electron chi connectivity index (χ4n) is 6.42. The molecular formula is C23H31N5O. The van der Waals surface area contributed by atoms with Crippen molar-refractivity contribution >= 4 is 11.7 Å². The molecule has 6 heteroatoms. The number of likely N-dealkylation sites (N-methyl/N-ethyl adjacent to an activating group) is 1. The highest BCUT2D eigenvalue weighted by molar-refractivity contribution is 5.77. The van der Waals surface area contributed by atoms with Crippen molar-refractivity contribution in [2.75, 3.05) is 38.1 Å². The summed E-state index contributed by atoms with van der Waals surface area (Å²) in [5.41, 5.74) is 3.31. The van der Waals surface area contributed by atoms with Crippen LogP contribution in [0.2, 0.25) is 0 Å². The molecule has 4 aliphatic rings. The Morgan fingerprint density at radius 2 is 2.07 bits per heavy atom. The maximum absolute atomic E-state index is 11.8. The van der Waals surface area contributed by atoms with Crippen molar-refractivity contribution in [2.24, 2.45) is 11.8 Å². The molecule has 1 saturated carbocycles. The van der Waals surface area contributed by atoms with Gasteiger partial charge in [-0.2, -0.15) is 5.26 Å². The summed E-state index contributed by atoms with van der Waals surface area (Å²) in [5.74, 6) is 1.70. The standard InChI is InChI=1S/C23H31N5O/c1-27-14-19(18-8-2-5-15(11-24)22(18)27)16-7-4-10-28(12-16)13-17-6-3-9-20-21(17)26-23(29)25-20/h2,5,8,16-17,19-21H,3-4,6-7,9-10,12-14H2,1H3,(H2,25,26,29)/t16-,17?,19?,20?,21?/m0/s1. The number of carbonyl (C=O) groups is 1. The number of carbonyl (C=O) groups excluding carboxylic acids is 1. The van der Waals surface area contributed by atoms with E-state index >= 15 is 0 Å². The van der Waals surface area contributed by atoms with E-state index in [9.17, 15) is 10.1 Å². The second-order valence-corrected chi connectivity index (χ2v) is 9.45. The summed E-state index contributed by atoms with van der Waals surface area (Å²) in [6, 6.07) is 9.23. The van der Waals surface area contributed by atoms with E-state index in [0.29, 0.717) is 29.8 Å². The van der Waals surface area contributed by atoms with Crippen LogP contribution in [0.1, 0.15) is 49.1 Å². The molecule has 5 rings (SSSR count). The Bertz CT molecular complexity index is 833. The smallest absolute Gasteiger partial charge is 0.315 e. The maximum Gasteiger partial charge on any atom is 0.315 e. The SMILES string of the molecule is CN1CC([C@H]2CCCN(CC3CCCC4NC(=O)NC34)C2)c2cccc(C#N)c21. The first kappa shape index (κ1) is 18.7. The van der Waals surface area contributed by atoms with E-state index in [-0.39, 0.29) is 6.03 Å². The summed E-state index contributed by atoms with van der Waals surface area (Å²) in [6.07, 6.45) is 6.03. The lowest BCUT2D eigenvalue weighted by Crippen LogP contribution is -2.49. The summed E-state index contributed by atoms with van der Waals surface area (Å²) < 4.78 is 0. The zero-order valence-corrected chi connectivity index (χ0v) is 17.2. The molecule has 0 spiro atoms. The van der Waals surface area contributed by atoms with Crippen LogP contribution in [-0.2, 0) is 0 Å². The molecule has 0 bridgehead atoms. The van der Waals surface area contributed by atoms with Crippen molar-refractivity contribution in [3.8, 4) is 6.07 Å². The Kier molecular flexibility index (Phi) is 4.87. The van der Waals surface area contributed by atoms with Gasteiger partial charge in [0.25, 0.3) is 0 Å². The summed E-state index contributed by atoms with van der Waals surface area (Å²) >= 11 is 0. The van der Waals surface area contributed by atoms with Crippen LogP contribution in [0, 0.1) is 23.2 Å². The van der Waals surface area contributed by atoms with Gasteiger partial charge in [0.2, 0.25) is 0 Å². The number of benzene rings is 1. The Hall–Kier alpha value is -2.26. The predicted octanol–water partition coefficient (Wildman–Crippen LogP) is 2.65. The number of anilines is 1. The lowest BCUT2D eigenvalue weighted by atomic mass is 9.79. The van der Waals surface area contributed by atoms with Gasteiger partial charge in [-0.25, -0.2) is 4.79 Å². The number of hydrogen-bond acceptors (Lipinski definition) is 4. The molecule has 3 aliphatic heterocycles. The molecule has 5 atom stereocenters. The molecule has 2 N–H and O–H groups in total. The van der Waals surface area contributed by atoms with Gasteiger partial charge in [-0.3, -0.25) is 0 Å². The van der Waals surface area contributed by atoms with Crippen LogP contribution < -0.4 is 15.5 Å². The minimum absolute atomic E-state index is 0.0160. The van der Waals surface area contributed by atoms with Crippen LogP contribution in [0.3, 0.4) is 0 Å². The highest BCUT2D eigenvalue weighted by atomic mass is 16.2. The van der Waals surface area contributed by atoms with Crippen molar-refractivity contribution in [1.82, 2.24) is 15.5 Å². The van der Waals surface area contributed by atoms with Crippen molar-refractivity contribution in [1.29, 1.82) is 5.26 Å². The number of rotatable bonds is 3. The Morgan fingerprint density at radius 3 is 2.93 bits per heavy atom. The average molecular weight is 394 g/mol. The third-order valence-electron chi connectivity index (χ3n) is 7.69. The van der Waals surface area contributed by atoms with Gasteiger partial charge in [-0.1, -0.05) is 18.6 Å². The molecule has 1 aromatic rings. The van der Waals surface area contributed by atoms with E-state index in [1.165, 1.54) is 37.8 Å². The summed E-state index contributed by atoms with van der Waals surface area (Å²) in [6.45, 7) is 4.40. The number of likely N-dealkylation sites (tertiary alicyclic amines) is 1. The highest BCUT2D eigenvalue weighted by Gasteiger charge is 2.41. The molecule has 154 valence electrons. The molecule has 1 aliphatic carbocycles. The van der Waals surface area contributed by atoms with Crippen LogP contribution >= 0.6 is 0 Å². The highest BCUT2D eigenvalue weighted by Crippen LogP contribution is 2.44. The van der Waals surface area contributed by atoms with Gasteiger partial charge in [0.1, 0.15) is 6.07 Å². The fraction of sp³-hybridized carbons (Fsp3) is 0.652. The van der Waals surface area contributed by atoms with E-state index in [2.05, 4.69) is 39.6 Å². The van der Waals surface area contributed by atoms with E-state index in [1.807, 2.05) is 12.1 Å². The van der Waals surface area contributed by atoms with Gasteiger partial charge in [-0.05, 0) is 55.7 Å². The summed E-state index contributed by atoms with van der Waals surface area (Å²) in [4.78, 5) is 16.7. The zero-order chi connectivity index (χ0) is 20.0.